The highest BCUT2D eigenvalue weighted by molar-refractivity contribution is 5.76. The van der Waals surface area contributed by atoms with E-state index in [0.717, 1.165) is 43.4 Å². The summed E-state index contributed by atoms with van der Waals surface area (Å²) in [6, 6.07) is 4.07. The molecule has 1 saturated carbocycles. The van der Waals surface area contributed by atoms with Gasteiger partial charge < -0.3 is 10.4 Å². The summed E-state index contributed by atoms with van der Waals surface area (Å²) >= 11 is 0. The van der Waals surface area contributed by atoms with Gasteiger partial charge in [-0.05, 0) is 43.7 Å². The van der Waals surface area contributed by atoms with Crippen molar-refractivity contribution in [1.82, 2.24) is 4.98 Å². The van der Waals surface area contributed by atoms with Gasteiger partial charge in [-0.1, -0.05) is 12.8 Å². The van der Waals surface area contributed by atoms with Crippen molar-refractivity contribution < 1.29 is 9.90 Å². The van der Waals surface area contributed by atoms with E-state index in [-0.39, 0.29) is 0 Å². The number of rotatable bonds is 4. The smallest absolute Gasteiger partial charge is 0.311 e. The Morgan fingerprint density at radius 2 is 2.14 bits per heavy atom. The molecule has 3 rings (SSSR count). The van der Waals surface area contributed by atoms with Crippen LogP contribution in [0.5, 0.6) is 0 Å². The molecule has 0 aromatic carbocycles. The third-order valence-corrected chi connectivity index (χ3v) is 4.78. The van der Waals surface area contributed by atoms with Crippen LogP contribution in [0.2, 0.25) is 0 Å². The van der Waals surface area contributed by atoms with E-state index in [4.69, 9.17) is 0 Å². The van der Waals surface area contributed by atoms with Crippen LogP contribution in [0.4, 0.5) is 5.82 Å². The molecular weight excluding hydrogens is 266 g/mol. The SMILES string of the molecule is N#Cc1cc2c(nc1NCC1(C(=O)O)CCCC1)CCC2. The lowest BCUT2D eigenvalue weighted by Crippen LogP contribution is -2.35. The monoisotopic (exact) mass is 285 g/mol. The average molecular weight is 285 g/mol. The van der Waals surface area contributed by atoms with Gasteiger partial charge in [-0.3, -0.25) is 4.79 Å². The Morgan fingerprint density at radius 1 is 1.38 bits per heavy atom. The Hall–Kier alpha value is -2.09. The molecule has 0 saturated heterocycles. The molecule has 0 amide bonds. The molecule has 0 aliphatic heterocycles. The third kappa shape index (κ3) is 2.46. The van der Waals surface area contributed by atoms with Crippen LogP contribution < -0.4 is 5.32 Å². The number of hydrogen-bond donors (Lipinski definition) is 2. The predicted molar refractivity (Wildman–Crippen MR) is 78.0 cm³/mol. The molecule has 0 unspecified atom stereocenters. The zero-order valence-corrected chi connectivity index (χ0v) is 12.0. The largest absolute Gasteiger partial charge is 0.481 e. The minimum Gasteiger partial charge on any atom is -0.481 e. The minimum absolute atomic E-state index is 0.350. The van der Waals surface area contributed by atoms with E-state index in [1.165, 1.54) is 0 Å². The minimum atomic E-state index is -0.743. The van der Waals surface area contributed by atoms with E-state index in [0.29, 0.717) is 30.8 Å². The molecule has 0 radical (unpaired) electrons. The lowest BCUT2D eigenvalue weighted by Gasteiger charge is -2.24. The zero-order valence-electron chi connectivity index (χ0n) is 12.0. The number of aromatic nitrogens is 1. The normalized spacial score (nSPS) is 19.0. The molecule has 1 fully saturated rings. The summed E-state index contributed by atoms with van der Waals surface area (Å²) in [5, 5.41) is 21.9. The number of nitrogens with zero attached hydrogens (tertiary/aromatic N) is 2. The molecule has 5 heteroatoms. The first-order valence-electron chi connectivity index (χ1n) is 7.55. The number of hydrogen-bond acceptors (Lipinski definition) is 4. The molecular formula is C16H19N3O2. The Morgan fingerprint density at radius 3 is 2.81 bits per heavy atom. The van der Waals surface area contributed by atoms with Crippen molar-refractivity contribution >= 4 is 11.8 Å². The average Bonchev–Trinajstić information content (AvgIpc) is 3.13. The number of carboxylic acids is 1. The van der Waals surface area contributed by atoms with E-state index in [1.54, 1.807) is 0 Å². The highest BCUT2D eigenvalue weighted by Crippen LogP contribution is 2.38. The second-order valence-electron chi connectivity index (χ2n) is 6.10. The van der Waals surface area contributed by atoms with Crippen LogP contribution in [0, 0.1) is 16.7 Å². The molecule has 2 aliphatic carbocycles. The van der Waals surface area contributed by atoms with Gasteiger partial charge in [-0.2, -0.15) is 5.26 Å². The quantitative estimate of drug-likeness (QED) is 0.887. The Kier molecular flexibility index (Phi) is 3.54. The first kappa shape index (κ1) is 13.9. The van der Waals surface area contributed by atoms with Crippen LogP contribution in [-0.4, -0.2) is 22.6 Å². The van der Waals surface area contributed by atoms with E-state index >= 15 is 0 Å². The topological polar surface area (TPSA) is 86.0 Å². The third-order valence-electron chi connectivity index (χ3n) is 4.78. The maximum Gasteiger partial charge on any atom is 0.311 e. The molecule has 1 heterocycles. The number of nitrogens with one attached hydrogen (secondary N) is 1. The fourth-order valence-corrected chi connectivity index (χ4v) is 3.46. The van der Waals surface area contributed by atoms with Crippen LogP contribution in [0.25, 0.3) is 0 Å². The van der Waals surface area contributed by atoms with Gasteiger partial charge in [-0.25, -0.2) is 4.98 Å². The van der Waals surface area contributed by atoms with Gasteiger partial charge in [0.05, 0.1) is 11.0 Å². The molecule has 1 aromatic heterocycles. The van der Waals surface area contributed by atoms with Crippen molar-refractivity contribution in [3.63, 3.8) is 0 Å². The number of anilines is 1. The highest BCUT2D eigenvalue weighted by atomic mass is 16.4. The summed E-state index contributed by atoms with van der Waals surface area (Å²) in [5.41, 5.74) is 2.03. The van der Waals surface area contributed by atoms with Crippen LogP contribution in [0.1, 0.15) is 48.9 Å². The number of aryl methyl sites for hydroxylation is 2. The zero-order chi connectivity index (χ0) is 14.9. The summed E-state index contributed by atoms with van der Waals surface area (Å²) in [7, 11) is 0. The number of aliphatic carboxylic acids is 1. The Balaban J connectivity index is 1.82. The summed E-state index contributed by atoms with van der Waals surface area (Å²) in [6.07, 6.45) is 6.31. The van der Waals surface area contributed by atoms with Gasteiger partial charge in [-0.15, -0.1) is 0 Å². The van der Waals surface area contributed by atoms with Crippen molar-refractivity contribution in [2.24, 2.45) is 5.41 Å². The van der Waals surface area contributed by atoms with Crippen LogP contribution in [0.15, 0.2) is 6.07 Å². The predicted octanol–water partition coefficient (Wildman–Crippen LogP) is 2.50. The van der Waals surface area contributed by atoms with Crippen molar-refractivity contribution in [2.45, 2.75) is 44.9 Å². The molecule has 21 heavy (non-hydrogen) atoms. The maximum absolute atomic E-state index is 11.6. The van der Waals surface area contributed by atoms with Gasteiger partial charge in [0.2, 0.25) is 0 Å². The summed E-state index contributed by atoms with van der Waals surface area (Å²) < 4.78 is 0. The summed E-state index contributed by atoms with van der Waals surface area (Å²) in [6.45, 7) is 0.350. The van der Waals surface area contributed by atoms with Gasteiger partial charge in [0.15, 0.2) is 0 Å². The molecule has 2 N–H and O–H groups in total. The number of fused-ring (bicyclic) bond motifs is 1. The van der Waals surface area contributed by atoms with Crippen molar-refractivity contribution in [3.8, 4) is 6.07 Å². The fraction of sp³-hybridized carbons (Fsp3) is 0.562. The lowest BCUT2D eigenvalue weighted by molar-refractivity contribution is -0.147. The second kappa shape index (κ2) is 5.36. The van der Waals surface area contributed by atoms with Crippen molar-refractivity contribution in [1.29, 1.82) is 5.26 Å². The van der Waals surface area contributed by atoms with E-state index in [9.17, 15) is 15.2 Å². The van der Waals surface area contributed by atoms with Gasteiger partial charge in [0, 0.05) is 12.2 Å². The molecule has 1 aromatic rings. The first-order chi connectivity index (χ1) is 10.1. The van der Waals surface area contributed by atoms with Gasteiger partial charge in [0.1, 0.15) is 11.9 Å². The molecule has 2 aliphatic rings. The Bertz CT molecular complexity index is 613. The molecule has 0 atom stereocenters. The summed E-state index contributed by atoms with van der Waals surface area (Å²) in [4.78, 5) is 16.1. The highest BCUT2D eigenvalue weighted by Gasteiger charge is 2.41. The van der Waals surface area contributed by atoms with Gasteiger partial charge >= 0.3 is 5.97 Å². The molecule has 5 nitrogen and oxygen atoms in total. The second-order valence-corrected chi connectivity index (χ2v) is 6.10. The first-order valence-corrected chi connectivity index (χ1v) is 7.55. The van der Waals surface area contributed by atoms with Crippen LogP contribution in [0.3, 0.4) is 0 Å². The fourth-order valence-electron chi connectivity index (χ4n) is 3.46. The van der Waals surface area contributed by atoms with Gasteiger partial charge in [0.25, 0.3) is 0 Å². The molecule has 0 bridgehead atoms. The van der Waals surface area contributed by atoms with E-state index in [1.807, 2.05) is 6.07 Å². The van der Waals surface area contributed by atoms with Crippen molar-refractivity contribution in [2.75, 3.05) is 11.9 Å². The summed E-state index contributed by atoms with van der Waals surface area (Å²) in [5.74, 6) is -0.196. The van der Waals surface area contributed by atoms with Crippen LogP contribution in [-0.2, 0) is 17.6 Å². The molecule has 0 spiro atoms. The number of nitriles is 1. The lowest BCUT2D eigenvalue weighted by atomic mass is 9.86. The van der Waals surface area contributed by atoms with Crippen LogP contribution >= 0.6 is 0 Å². The van der Waals surface area contributed by atoms with Crippen molar-refractivity contribution in [3.05, 3.63) is 22.9 Å². The number of pyridine rings is 1. The van der Waals surface area contributed by atoms with E-state index < -0.39 is 11.4 Å². The van der Waals surface area contributed by atoms with E-state index in [2.05, 4.69) is 16.4 Å². The number of carboxylic acid groups (broad SMARTS) is 1. The standard InChI is InChI=1S/C16H19N3O2/c17-9-12-8-11-4-3-5-13(11)19-14(12)18-10-16(15(20)21)6-1-2-7-16/h8H,1-7,10H2,(H,18,19)(H,20,21). The number of carbonyl (C=O) groups is 1. The Labute approximate surface area is 124 Å². The maximum atomic E-state index is 11.6. The molecule has 110 valence electrons.